The third-order valence-electron chi connectivity index (χ3n) is 4.23. The second kappa shape index (κ2) is 8.04. The number of hydrogen-bond acceptors (Lipinski definition) is 3. The number of carbonyl (C=O) groups excluding carboxylic acids is 1. The first-order chi connectivity index (χ1) is 12.1. The molecule has 0 bridgehead atoms. The first-order valence-corrected chi connectivity index (χ1v) is 8.80. The molecule has 7 heteroatoms. The Bertz CT molecular complexity index is 809. The van der Waals surface area contributed by atoms with Gasteiger partial charge in [-0.2, -0.15) is 0 Å². The van der Waals surface area contributed by atoms with Crippen molar-refractivity contribution in [3.63, 3.8) is 0 Å². The van der Waals surface area contributed by atoms with Crippen molar-refractivity contribution in [1.29, 1.82) is 0 Å². The molecular weight excluding hydrogens is 363 g/mol. The van der Waals surface area contributed by atoms with Gasteiger partial charge in [-0.05, 0) is 30.7 Å². The number of carbonyl (C=O) groups is 1. The number of halogens is 2. The van der Waals surface area contributed by atoms with Gasteiger partial charge in [-0.1, -0.05) is 29.3 Å². The van der Waals surface area contributed by atoms with Gasteiger partial charge in [-0.15, -0.1) is 0 Å². The Morgan fingerprint density at radius 2 is 2.00 bits per heavy atom. The molecule has 1 aliphatic heterocycles. The highest BCUT2D eigenvalue weighted by atomic mass is 35.5. The Morgan fingerprint density at radius 1 is 1.24 bits per heavy atom. The molecule has 0 saturated carbocycles. The average molecular weight is 381 g/mol. The maximum absolute atomic E-state index is 12.6. The summed E-state index contributed by atoms with van der Waals surface area (Å²) in [5.41, 5.74) is 0.372. The van der Waals surface area contributed by atoms with Crippen LogP contribution >= 0.6 is 23.2 Å². The standard InChI is InChI=1S/C18H18Cl2N2O3/c19-15-4-1-5-16(20)14(15)10-22-7-2-3-13(18(22)24)17(23)21-9-12-6-8-25-11-12/h1-5,7,12H,6,8-11H2,(H,21,23)/t12-/m0/s1. The fraction of sp³-hybridized carbons (Fsp3) is 0.333. The van der Waals surface area contributed by atoms with Crippen LogP contribution in [0, 0.1) is 5.92 Å². The molecule has 1 aromatic heterocycles. The summed E-state index contributed by atoms with van der Waals surface area (Å²) in [6.45, 7) is 2.07. The van der Waals surface area contributed by atoms with Crippen molar-refractivity contribution in [3.8, 4) is 0 Å². The number of benzene rings is 1. The van der Waals surface area contributed by atoms with Gasteiger partial charge in [0.2, 0.25) is 0 Å². The fourth-order valence-electron chi connectivity index (χ4n) is 2.76. The van der Waals surface area contributed by atoms with E-state index in [0.29, 0.717) is 34.7 Å². The molecular formula is C18H18Cl2N2O3. The zero-order chi connectivity index (χ0) is 17.8. The molecule has 0 aliphatic carbocycles. The highest BCUT2D eigenvalue weighted by Gasteiger charge is 2.18. The van der Waals surface area contributed by atoms with Crippen molar-refractivity contribution in [3.05, 3.63) is 68.1 Å². The molecule has 1 atom stereocenters. The molecule has 0 spiro atoms. The SMILES string of the molecule is O=C(NC[C@@H]1CCOC1)c1cccn(Cc2c(Cl)cccc2Cl)c1=O. The maximum atomic E-state index is 12.6. The molecule has 25 heavy (non-hydrogen) atoms. The number of nitrogens with one attached hydrogen (secondary N) is 1. The van der Waals surface area contributed by atoms with Crippen molar-refractivity contribution in [2.45, 2.75) is 13.0 Å². The summed E-state index contributed by atoms with van der Waals surface area (Å²) in [5, 5.41) is 3.78. The molecule has 1 fully saturated rings. The lowest BCUT2D eigenvalue weighted by molar-refractivity contribution is 0.0943. The van der Waals surface area contributed by atoms with Gasteiger partial charge >= 0.3 is 0 Å². The third kappa shape index (κ3) is 4.24. The minimum Gasteiger partial charge on any atom is -0.381 e. The lowest BCUT2D eigenvalue weighted by atomic mass is 10.1. The summed E-state index contributed by atoms with van der Waals surface area (Å²) in [6.07, 6.45) is 2.54. The summed E-state index contributed by atoms with van der Waals surface area (Å²) in [4.78, 5) is 25.0. The van der Waals surface area contributed by atoms with Crippen LogP contribution < -0.4 is 10.9 Å². The van der Waals surface area contributed by atoms with Gasteiger partial charge in [-0.3, -0.25) is 9.59 Å². The van der Waals surface area contributed by atoms with E-state index >= 15 is 0 Å². The minimum atomic E-state index is -0.378. The fourth-order valence-corrected chi connectivity index (χ4v) is 3.28. The number of ether oxygens (including phenoxy) is 1. The average Bonchev–Trinajstić information content (AvgIpc) is 3.11. The van der Waals surface area contributed by atoms with Gasteiger partial charge in [0.05, 0.1) is 13.2 Å². The molecule has 2 aromatic rings. The molecule has 1 saturated heterocycles. The van der Waals surface area contributed by atoms with Crippen LogP contribution in [0.1, 0.15) is 22.3 Å². The molecule has 3 rings (SSSR count). The number of pyridine rings is 1. The van der Waals surface area contributed by atoms with Gasteiger partial charge < -0.3 is 14.6 Å². The summed E-state index contributed by atoms with van der Waals surface area (Å²) in [7, 11) is 0. The molecule has 1 aliphatic rings. The van der Waals surface area contributed by atoms with E-state index < -0.39 is 0 Å². The van der Waals surface area contributed by atoms with Gasteiger partial charge in [0.1, 0.15) is 5.56 Å². The van der Waals surface area contributed by atoms with Gasteiger partial charge in [0.15, 0.2) is 0 Å². The van der Waals surface area contributed by atoms with Crippen molar-refractivity contribution >= 4 is 29.1 Å². The number of hydrogen-bond donors (Lipinski definition) is 1. The van der Waals surface area contributed by atoms with Crippen molar-refractivity contribution in [2.24, 2.45) is 5.92 Å². The Labute approximate surface area is 155 Å². The van der Waals surface area contributed by atoms with Crippen LogP contribution in [-0.4, -0.2) is 30.2 Å². The predicted octanol–water partition coefficient (Wildman–Crippen LogP) is 2.97. The van der Waals surface area contributed by atoms with Crippen LogP contribution in [0.5, 0.6) is 0 Å². The van der Waals surface area contributed by atoms with E-state index in [4.69, 9.17) is 27.9 Å². The van der Waals surface area contributed by atoms with Gasteiger partial charge in [0, 0.05) is 40.9 Å². The highest BCUT2D eigenvalue weighted by Crippen LogP contribution is 2.24. The van der Waals surface area contributed by atoms with Gasteiger partial charge in [-0.25, -0.2) is 0 Å². The number of amides is 1. The van der Waals surface area contributed by atoms with Crippen LogP contribution in [0.2, 0.25) is 10.0 Å². The quantitative estimate of drug-likeness (QED) is 0.867. The Kier molecular flexibility index (Phi) is 5.78. The molecule has 2 heterocycles. The Morgan fingerprint density at radius 3 is 2.68 bits per heavy atom. The first kappa shape index (κ1) is 18.0. The van der Waals surface area contributed by atoms with E-state index in [9.17, 15) is 9.59 Å². The molecule has 1 amide bonds. The number of rotatable bonds is 5. The summed E-state index contributed by atoms with van der Waals surface area (Å²) >= 11 is 12.3. The second-order valence-electron chi connectivity index (χ2n) is 5.99. The van der Waals surface area contributed by atoms with Crippen LogP contribution in [0.25, 0.3) is 0 Å². The Hall–Kier alpha value is -1.82. The maximum Gasteiger partial charge on any atom is 0.263 e. The predicted molar refractivity (Wildman–Crippen MR) is 97.5 cm³/mol. The minimum absolute atomic E-state index is 0.101. The smallest absolute Gasteiger partial charge is 0.263 e. The molecule has 0 unspecified atom stereocenters. The number of aromatic nitrogens is 1. The molecule has 1 N–H and O–H groups in total. The van der Waals surface area contributed by atoms with E-state index in [1.54, 1.807) is 30.5 Å². The Balaban J connectivity index is 1.77. The highest BCUT2D eigenvalue weighted by molar-refractivity contribution is 6.35. The zero-order valence-electron chi connectivity index (χ0n) is 13.5. The van der Waals surface area contributed by atoms with Gasteiger partial charge in [0.25, 0.3) is 11.5 Å². The largest absolute Gasteiger partial charge is 0.381 e. The van der Waals surface area contributed by atoms with E-state index in [1.165, 1.54) is 10.6 Å². The summed E-state index contributed by atoms with van der Waals surface area (Å²) < 4.78 is 6.72. The molecule has 132 valence electrons. The molecule has 1 aromatic carbocycles. The normalized spacial score (nSPS) is 16.8. The van der Waals surface area contributed by atoms with Crippen LogP contribution in [0.15, 0.2) is 41.3 Å². The van der Waals surface area contributed by atoms with Crippen LogP contribution in [0.4, 0.5) is 0 Å². The monoisotopic (exact) mass is 380 g/mol. The lowest BCUT2D eigenvalue weighted by Gasteiger charge is -2.12. The van der Waals surface area contributed by atoms with E-state index in [0.717, 1.165) is 13.0 Å². The third-order valence-corrected chi connectivity index (χ3v) is 4.94. The van der Waals surface area contributed by atoms with E-state index in [1.807, 2.05) is 0 Å². The van der Waals surface area contributed by atoms with E-state index in [-0.39, 0.29) is 23.6 Å². The first-order valence-electron chi connectivity index (χ1n) is 8.04. The van der Waals surface area contributed by atoms with Crippen LogP contribution in [0.3, 0.4) is 0 Å². The molecule has 5 nitrogen and oxygen atoms in total. The molecule has 0 radical (unpaired) electrons. The van der Waals surface area contributed by atoms with Crippen molar-refractivity contribution in [2.75, 3.05) is 19.8 Å². The number of nitrogens with zero attached hydrogens (tertiary/aromatic N) is 1. The lowest BCUT2D eigenvalue weighted by Crippen LogP contribution is -2.35. The topological polar surface area (TPSA) is 60.3 Å². The summed E-state index contributed by atoms with van der Waals surface area (Å²) in [5.74, 6) is -0.0756. The summed E-state index contributed by atoms with van der Waals surface area (Å²) in [6, 6.07) is 8.36. The van der Waals surface area contributed by atoms with Crippen molar-refractivity contribution < 1.29 is 9.53 Å². The van der Waals surface area contributed by atoms with E-state index in [2.05, 4.69) is 5.32 Å². The van der Waals surface area contributed by atoms with Crippen molar-refractivity contribution in [1.82, 2.24) is 9.88 Å². The zero-order valence-corrected chi connectivity index (χ0v) is 15.0. The van der Waals surface area contributed by atoms with Crippen LogP contribution in [-0.2, 0) is 11.3 Å². The second-order valence-corrected chi connectivity index (χ2v) is 6.81.